The molecule has 4 rings (SSSR count). The molecule has 1 unspecified atom stereocenters. The van der Waals surface area contributed by atoms with Gasteiger partial charge in [0, 0.05) is 31.6 Å². The SMILES string of the molecule is O=C(CC1CCc2ccccc21)NCc1ccc(N2CCCC2=O)cc1. The van der Waals surface area contributed by atoms with Gasteiger partial charge in [-0.3, -0.25) is 9.59 Å². The zero-order valence-corrected chi connectivity index (χ0v) is 14.9. The number of hydrogen-bond donors (Lipinski definition) is 1. The highest BCUT2D eigenvalue weighted by atomic mass is 16.2. The van der Waals surface area contributed by atoms with Gasteiger partial charge < -0.3 is 10.2 Å². The first kappa shape index (κ1) is 16.8. The Morgan fingerprint density at radius 1 is 1.08 bits per heavy atom. The number of anilines is 1. The van der Waals surface area contributed by atoms with Crippen LogP contribution in [0.5, 0.6) is 0 Å². The molecule has 0 radical (unpaired) electrons. The molecular weight excluding hydrogens is 324 g/mol. The van der Waals surface area contributed by atoms with E-state index >= 15 is 0 Å². The summed E-state index contributed by atoms with van der Waals surface area (Å²) in [5, 5.41) is 3.03. The van der Waals surface area contributed by atoms with Gasteiger partial charge in [0.2, 0.25) is 11.8 Å². The van der Waals surface area contributed by atoms with Crippen LogP contribution < -0.4 is 10.2 Å². The third kappa shape index (κ3) is 3.50. The van der Waals surface area contributed by atoms with E-state index in [4.69, 9.17) is 0 Å². The molecule has 0 bridgehead atoms. The maximum atomic E-state index is 12.3. The van der Waals surface area contributed by atoms with E-state index in [0.717, 1.165) is 37.1 Å². The monoisotopic (exact) mass is 348 g/mol. The normalized spacial score (nSPS) is 18.8. The number of carbonyl (C=O) groups is 2. The fourth-order valence-electron chi connectivity index (χ4n) is 4.07. The number of aryl methyl sites for hydroxylation is 1. The van der Waals surface area contributed by atoms with E-state index in [-0.39, 0.29) is 11.8 Å². The lowest BCUT2D eigenvalue weighted by molar-refractivity contribution is -0.121. The van der Waals surface area contributed by atoms with Crippen LogP contribution in [0.3, 0.4) is 0 Å². The van der Waals surface area contributed by atoms with Crippen LogP contribution in [0.4, 0.5) is 5.69 Å². The van der Waals surface area contributed by atoms with Gasteiger partial charge in [-0.05, 0) is 54.0 Å². The van der Waals surface area contributed by atoms with E-state index in [1.165, 1.54) is 11.1 Å². The van der Waals surface area contributed by atoms with Crippen molar-refractivity contribution in [2.24, 2.45) is 0 Å². The molecule has 2 aliphatic rings. The zero-order chi connectivity index (χ0) is 17.9. The van der Waals surface area contributed by atoms with Crippen LogP contribution in [-0.2, 0) is 22.6 Å². The number of fused-ring (bicyclic) bond motifs is 1. The molecule has 134 valence electrons. The Bertz CT molecular complexity index is 813. The van der Waals surface area contributed by atoms with E-state index in [2.05, 4.69) is 29.6 Å². The molecular formula is C22H24N2O2. The first-order valence-corrected chi connectivity index (χ1v) is 9.44. The molecule has 0 aromatic heterocycles. The highest BCUT2D eigenvalue weighted by molar-refractivity contribution is 5.95. The van der Waals surface area contributed by atoms with Crippen molar-refractivity contribution in [3.63, 3.8) is 0 Å². The third-order valence-corrected chi connectivity index (χ3v) is 5.50. The van der Waals surface area contributed by atoms with E-state index in [1.54, 1.807) is 0 Å². The summed E-state index contributed by atoms with van der Waals surface area (Å²) in [4.78, 5) is 26.0. The smallest absolute Gasteiger partial charge is 0.227 e. The van der Waals surface area contributed by atoms with Crippen LogP contribution in [0, 0.1) is 0 Å². The average Bonchev–Trinajstić information content (AvgIpc) is 3.27. The van der Waals surface area contributed by atoms with Crippen molar-refractivity contribution in [1.82, 2.24) is 5.32 Å². The predicted molar refractivity (Wildman–Crippen MR) is 102 cm³/mol. The fraction of sp³-hybridized carbons (Fsp3) is 0.364. The van der Waals surface area contributed by atoms with Gasteiger partial charge in [-0.1, -0.05) is 36.4 Å². The fourth-order valence-corrected chi connectivity index (χ4v) is 4.07. The summed E-state index contributed by atoms with van der Waals surface area (Å²) in [5.41, 5.74) is 4.73. The molecule has 1 N–H and O–H groups in total. The summed E-state index contributed by atoms with van der Waals surface area (Å²) in [7, 11) is 0. The summed E-state index contributed by atoms with van der Waals surface area (Å²) >= 11 is 0. The minimum atomic E-state index is 0.102. The van der Waals surface area contributed by atoms with Crippen molar-refractivity contribution in [2.45, 2.75) is 44.6 Å². The molecule has 1 heterocycles. The maximum Gasteiger partial charge on any atom is 0.227 e. The molecule has 1 aliphatic heterocycles. The Morgan fingerprint density at radius 3 is 2.65 bits per heavy atom. The minimum Gasteiger partial charge on any atom is -0.352 e. The second kappa shape index (κ2) is 7.32. The molecule has 0 saturated carbocycles. The Balaban J connectivity index is 1.30. The Kier molecular flexibility index (Phi) is 4.74. The van der Waals surface area contributed by atoms with Crippen molar-refractivity contribution >= 4 is 17.5 Å². The van der Waals surface area contributed by atoms with Gasteiger partial charge in [0.1, 0.15) is 0 Å². The van der Waals surface area contributed by atoms with Crippen LogP contribution in [-0.4, -0.2) is 18.4 Å². The van der Waals surface area contributed by atoms with E-state index < -0.39 is 0 Å². The number of rotatable bonds is 5. The molecule has 26 heavy (non-hydrogen) atoms. The lowest BCUT2D eigenvalue weighted by atomic mass is 9.97. The molecule has 1 aliphatic carbocycles. The Hall–Kier alpha value is -2.62. The number of amides is 2. The molecule has 1 atom stereocenters. The molecule has 0 spiro atoms. The second-order valence-corrected chi connectivity index (χ2v) is 7.23. The molecule has 2 amide bonds. The van der Waals surface area contributed by atoms with E-state index in [1.807, 2.05) is 29.2 Å². The van der Waals surface area contributed by atoms with Gasteiger partial charge in [0.25, 0.3) is 0 Å². The first-order valence-electron chi connectivity index (χ1n) is 9.44. The average molecular weight is 348 g/mol. The second-order valence-electron chi connectivity index (χ2n) is 7.23. The quantitative estimate of drug-likeness (QED) is 0.898. The molecule has 2 aromatic rings. The molecule has 4 nitrogen and oxygen atoms in total. The van der Waals surface area contributed by atoms with E-state index in [0.29, 0.717) is 25.3 Å². The Morgan fingerprint density at radius 2 is 1.88 bits per heavy atom. The number of nitrogens with one attached hydrogen (secondary N) is 1. The molecule has 1 saturated heterocycles. The van der Waals surface area contributed by atoms with Crippen LogP contribution >= 0.6 is 0 Å². The lowest BCUT2D eigenvalue weighted by Crippen LogP contribution is -2.25. The van der Waals surface area contributed by atoms with Crippen molar-refractivity contribution in [3.8, 4) is 0 Å². The Labute approximate surface area is 154 Å². The van der Waals surface area contributed by atoms with Crippen LogP contribution in [0.15, 0.2) is 48.5 Å². The summed E-state index contributed by atoms with van der Waals surface area (Å²) in [5.74, 6) is 0.642. The van der Waals surface area contributed by atoms with Crippen molar-refractivity contribution in [1.29, 1.82) is 0 Å². The summed E-state index contributed by atoms with van der Waals surface area (Å²) in [6.45, 7) is 1.33. The van der Waals surface area contributed by atoms with Crippen LogP contribution in [0.2, 0.25) is 0 Å². The van der Waals surface area contributed by atoms with Gasteiger partial charge in [-0.15, -0.1) is 0 Å². The van der Waals surface area contributed by atoms with Gasteiger partial charge in [-0.2, -0.15) is 0 Å². The first-order chi connectivity index (χ1) is 12.7. The summed E-state index contributed by atoms with van der Waals surface area (Å²) < 4.78 is 0. The lowest BCUT2D eigenvalue weighted by Gasteiger charge is -2.16. The maximum absolute atomic E-state index is 12.3. The van der Waals surface area contributed by atoms with Crippen LogP contribution in [0.1, 0.15) is 48.3 Å². The molecule has 1 fully saturated rings. The molecule has 4 heteroatoms. The zero-order valence-electron chi connectivity index (χ0n) is 14.9. The topological polar surface area (TPSA) is 49.4 Å². The van der Waals surface area contributed by atoms with Crippen molar-refractivity contribution in [2.75, 3.05) is 11.4 Å². The number of nitrogens with zero attached hydrogens (tertiary/aromatic N) is 1. The van der Waals surface area contributed by atoms with E-state index in [9.17, 15) is 9.59 Å². The number of carbonyl (C=O) groups excluding carboxylic acids is 2. The third-order valence-electron chi connectivity index (χ3n) is 5.50. The largest absolute Gasteiger partial charge is 0.352 e. The standard InChI is InChI=1S/C22H24N2O2/c25-21(14-18-10-9-17-4-1-2-5-20(17)18)23-15-16-7-11-19(12-8-16)24-13-3-6-22(24)26/h1-2,4-5,7-8,11-12,18H,3,6,9-10,13-15H2,(H,23,25). The summed E-state index contributed by atoms with van der Waals surface area (Å²) in [6.07, 6.45) is 4.26. The van der Waals surface area contributed by atoms with Gasteiger partial charge >= 0.3 is 0 Å². The van der Waals surface area contributed by atoms with Crippen molar-refractivity contribution in [3.05, 3.63) is 65.2 Å². The summed E-state index contributed by atoms with van der Waals surface area (Å²) in [6, 6.07) is 16.4. The van der Waals surface area contributed by atoms with Gasteiger partial charge in [0.15, 0.2) is 0 Å². The minimum absolute atomic E-state index is 0.102. The van der Waals surface area contributed by atoms with Crippen LogP contribution in [0.25, 0.3) is 0 Å². The highest BCUT2D eigenvalue weighted by Gasteiger charge is 2.24. The number of benzene rings is 2. The van der Waals surface area contributed by atoms with Gasteiger partial charge in [0.05, 0.1) is 0 Å². The van der Waals surface area contributed by atoms with Gasteiger partial charge in [-0.25, -0.2) is 0 Å². The molecule has 2 aromatic carbocycles. The highest BCUT2D eigenvalue weighted by Crippen LogP contribution is 2.35. The number of hydrogen-bond acceptors (Lipinski definition) is 2. The predicted octanol–water partition coefficient (Wildman–Crippen LogP) is 3.55. The van der Waals surface area contributed by atoms with Crippen molar-refractivity contribution < 1.29 is 9.59 Å².